The number of hydrogen-bond acceptors (Lipinski definition) is 5. The molecule has 9 heteroatoms. The Balaban J connectivity index is 1.46. The van der Waals surface area contributed by atoms with Crippen LogP contribution in [0.2, 0.25) is 0 Å². The molecule has 2 heterocycles. The molecule has 3 aromatic rings. The molecular formula is C23H23F2N5O2. The van der Waals surface area contributed by atoms with Crippen molar-refractivity contribution < 1.29 is 18.3 Å². The summed E-state index contributed by atoms with van der Waals surface area (Å²) in [6.45, 7) is -1.21. The summed E-state index contributed by atoms with van der Waals surface area (Å²) in [5, 5.41) is 9.66. The summed E-state index contributed by atoms with van der Waals surface area (Å²) in [6.07, 6.45) is 4.26. The number of benzene rings is 1. The third-order valence-electron chi connectivity index (χ3n) is 5.85. The Morgan fingerprint density at radius 3 is 2.66 bits per heavy atom. The molecule has 1 N–H and O–H groups in total. The van der Waals surface area contributed by atoms with E-state index < -0.39 is 6.61 Å². The largest absolute Gasteiger partial charge is 0.435 e. The summed E-state index contributed by atoms with van der Waals surface area (Å²) in [7, 11) is 1.86. The van der Waals surface area contributed by atoms with E-state index in [4.69, 9.17) is 4.98 Å². The standard InChI is InChI=1S/C23H23F2N5O2/c1-12(15-4-3-5-16(10-15)32-23(24)25)27-28-22(31)17-11-18(13-6-7-13)26-21-19(17)20(14-8-9-14)29-30(21)2/h3-5,10-11,13-14,23H,6-9H2,1-2H3,(H,28,31)/b27-12-. The van der Waals surface area contributed by atoms with Crippen molar-refractivity contribution in [1.29, 1.82) is 0 Å². The second-order valence-electron chi connectivity index (χ2n) is 8.40. The zero-order chi connectivity index (χ0) is 22.4. The first-order chi connectivity index (χ1) is 15.4. The minimum absolute atomic E-state index is 0.0349. The molecule has 5 rings (SSSR count). The molecule has 0 radical (unpaired) electrons. The van der Waals surface area contributed by atoms with E-state index in [-0.39, 0.29) is 11.7 Å². The lowest BCUT2D eigenvalue weighted by Gasteiger charge is -2.09. The average molecular weight is 439 g/mol. The second kappa shape index (κ2) is 7.96. The molecule has 2 aliphatic rings. The van der Waals surface area contributed by atoms with Crippen LogP contribution in [0.25, 0.3) is 11.0 Å². The van der Waals surface area contributed by atoms with Crippen molar-refractivity contribution in [1.82, 2.24) is 20.2 Å². The van der Waals surface area contributed by atoms with Crippen molar-refractivity contribution in [3.8, 4) is 5.75 Å². The monoisotopic (exact) mass is 439 g/mol. The molecule has 2 fully saturated rings. The number of alkyl halides is 2. The quantitative estimate of drug-likeness (QED) is 0.435. The van der Waals surface area contributed by atoms with Crippen molar-refractivity contribution >= 4 is 22.7 Å². The van der Waals surface area contributed by atoms with Gasteiger partial charge in [0.05, 0.1) is 22.4 Å². The maximum Gasteiger partial charge on any atom is 0.387 e. The Bertz CT molecular complexity index is 1230. The minimum atomic E-state index is -2.91. The minimum Gasteiger partial charge on any atom is -0.435 e. The number of aryl methyl sites for hydroxylation is 1. The van der Waals surface area contributed by atoms with Gasteiger partial charge in [0.25, 0.3) is 5.91 Å². The van der Waals surface area contributed by atoms with Crippen LogP contribution in [0.1, 0.15) is 71.8 Å². The molecular weight excluding hydrogens is 416 g/mol. The number of pyridine rings is 1. The predicted octanol–water partition coefficient (Wildman–Crippen LogP) is 4.48. The fourth-order valence-corrected chi connectivity index (χ4v) is 3.86. The summed E-state index contributed by atoms with van der Waals surface area (Å²) < 4.78 is 31.2. The summed E-state index contributed by atoms with van der Waals surface area (Å²) in [5.74, 6) is 0.441. The second-order valence-corrected chi connectivity index (χ2v) is 8.40. The first-order valence-corrected chi connectivity index (χ1v) is 10.7. The number of nitrogens with one attached hydrogen (secondary N) is 1. The number of carbonyl (C=O) groups is 1. The van der Waals surface area contributed by atoms with Gasteiger partial charge in [0.15, 0.2) is 5.65 Å². The summed E-state index contributed by atoms with van der Waals surface area (Å²) in [4.78, 5) is 18.0. The number of fused-ring (bicyclic) bond motifs is 1. The number of hydrogen-bond donors (Lipinski definition) is 1. The smallest absolute Gasteiger partial charge is 0.387 e. The molecule has 2 aliphatic carbocycles. The number of hydrazone groups is 1. The van der Waals surface area contributed by atoms with Gasteiger partial charge in [0.2, 0.25) is 0 Å². The highest BCUT2D eigenvalue weighted by atomic mass is 19.3. The maximum atomic E-state index is 13.2. The fraction of sp³-hybridized carbons (Fsp3) is 0.391. The molecule has 0 saturated heterocycles. The van der Waals surface area contributed by atoms with Gasteiger partial charge in [-0.25, -0.2) is 10.4 Å². The maximum absolute atomic E-state index is 13.2. The summed E-state index contributed by atoms with van der Waals surface area (Å²) in [6, 6.07) is 8.08. The Morgan fingerprint density at radius 1 is 1.22 bits per heavy atom. The average Bonchev–Trinajstić information content (AvgIpc) is 3.68. The van der Waals surface area contributed by atoms with Crippen LogP contribution >= 0.6 is 0 Å². The van der Waals surface area contributed by atoms with Gasteiger partial charge >= 0.3 is 6.61 Å². The van der Waals surface area contributed by atoms with Crippen LogP contribution in [-0.4, -0.2) is 33.0 Å². The third-order valence-corrected chi connectivity index (χ3v) is 5.85. The number of halogens is 2. The van der Waals surface area contributed by atoms with Gasteiger partial charge in [-0.15, -0.1) is 0 Å². The fourth-order valence-electron chi connectivity index (χ4n) is 3.86. The Labute approximate surface area is 183 Å². The van der Waals surface area contributed by atoms with E-state index in [9.17, 15) is 13.6 Å². The first kappa shape index (κ1) is 20.5. The van der Waals surface area contributed by atoms with E-state index in [1.165, 1.54) is 12.1 Å². The van der Waals surface area contributed by atoms with Crippen LogP contribution in [-0.2, 0) is 7.05 Å². The molecule has 2 saturated carbocycles. The molecule has 0 atom stereocenters. The van der Waals surface area contributed by atoms with Gasteiger partial charge in [0.1, 0.15) is 5.75 Å². The number of nitrogens with zero attached hydrogens (tertiary/aromatic N) is 4. The van der Waals surface area contributed by atoms with Crippen molar-refractivity contribution in [2.75, 3.05) is 0 Å². The van der Waals surface area contributed by atoms with Crippen molar-refractivity contribution in [3.05, 3.63) is 52.8 Å². The van der Waals surface area contributed by atoms with Crippen molar-refractivity contribution in [3.63, 3.8) is 0 Å². The van der Waals surface area contributed by atoms with Crippen LogP contribution in [0.4, 0.5) is 8.78 Å². The lowest BCUT2D eigenvalue weighted by molar-refractivity contribution is -0.0498. The first-order valence-electron chi connectivity index (χ1n) is 10.7. The molecule has 0 bridgehead atoms. The van der Waals surface area contributed by atoms with Crippen LogP contribution in [0, 0.1) is 0 Å². The summed E-state index contributed by atoms with van der Waals surface area (Å²) in [5.41, 5.74) is 6.74. The lowest BCUT2D eigenvalue weighted by atomic mass is 10.1. The highest BCUT2D eigenvalue weighted by molar-refractivity contribution is 6.08. The van der Waals surface area contributed by atoms with Gasteiger partial charge in [-0.2, -0.15) is 19.0 Å². The zero-order valence-electron chi connectivity index (χ0n) is 17.8. The highest BCUT2D eigenvalue weighted by Crippen LogP contribution is 2.45. The summed E-state index contributed by atoms with van der Waals surface area (Å²) >= 11 is 0. The van der Waals surface area contributed by atoms with Crippen molar-refractivity contribution in [2.24, 2.45) is 12.1 Å². The van der Waals surface area contributed by atoms with Crippen LogP contribution in [0.3, 0.4) is 0 Å². The molecule has 166 valence electrons. The van der Waals surface area contributed by atoms with Crippen LogP contribution in [0.5, 0.6) is 5.75 Å². The third kappa shape index (κ3) is 4.06. The Morgan fingerprint density at radius 2 is 1.97 bits per heavy atom. The van der Waals surface area contributed by atoms with E-state index in [0.717, 1.165) is 48.1 Å². The van der Waals surface area contributed by atoms with E-state index in [0.29, 0.717) is 28.7 Å². The van der Waals surface area contributed by atoms with E-state index in [2.05, 4.69) is 20.4 Å². The van der Waals surface area contributed by atoms with Gasteiger partial charge in [0, 0.05) is 30.1 Å². The molecule has 1 amide bonds. The SMILES string of the molecule is C/C(=N/NC(=O)c1cc(C2CC2)nc2c1c(C1CC1)nn2C)c1cccc(OC(F)F)c1. The van der Waals surface area contributed by atoms with E-state index >= 15 is 0 Å². The molecule has 0 unspecified atom stereocenters. The number of rotatable bonds is 7. The molecule has 0 aliphatic heterocycles. The Hall–Kier alpha value is -3.36. The zero-order valence-corrected chi connectivity index (χ0v) is 17.8. The highest BCUT2D eigenvalue weighted by Gasteiger charge is 2.33. The van der Waals surface area contributed by atoms with Gasteiger partial charge in [-0.05, 0) is 50.8 Å². The molecule has 0 spiro atoms. The molecule has 7 nitrogen and oxygen atoms in total. The Kier molecular flexibility index (Phi) is 5.11. The predicted molar refractivity (Wildman–Crippen MR) is 115 cm³/mol. The number of aromatic nitrogens is 3. The van der Waals surface area contributed by atoms with Crippen molar-refractivity contribution in [2.45, 2.75) is 51.1 Å². The van der Waals surface area contributed by atoms with Crippen LogP contribution < -0.4 is 10.2 Å². The normalized spacial score (nSPS) is 16.6. The van der Waals surface area contributed by atoms with Gasteiger partial charge < -0.3 is 4.74 Å². The number of amides is 1. The molecule has 32 heavy (non-hydrogen) atoms. The topological polar surface area (TPSA) is 81.4 Å². The molecule has 2 aromatic heterocycles. The lowest BCUT2D eigenvalue weighted by Crippen LogP contribution is -2.20. The number of carbonyl (C=O) groups excluding carboxylic acids is 1. The van der Waals surface area contributed by atoms with E-state index in [1.54, 1.807) is 23.7 Å². The van der Waals surface area contributed by atoms with E-state index in [1.807, 2.05) is 13.1 Å². The van der Waals surface area contributed by atoms with Gasteiger partial charge in [-0.1, -0.05) is 12.1 Å². The number of ether oxygens (including phenoxy) is 1. The van der Waals surface area contributed by atoms with Crippen LogP contribution in [0.15, 0.2) is 35.4 Å². The molecule has 1 aromatic carbocycles. The van der Waals surface area contributed by atoms with Gasteiger partial charge in [-0.3, -0.25) is 9.48 Å².